The largest absolute Gasteiger partial charge is 0.468 e. The van der Waals surface area contributed by atoms with Gasteiger partial charge in [-0.15, -0.1) is 0 Å². The predicted octanol–water partition coefficient (Wildman–Crippen LogP) is 0.632. The van der Waals surface area contributed by atoms with Crippen molar-refractivity contribution in [2.24, 2.45) is 7.05 Å². The lowest BCUT2D eigenvalue weighted by molar-refractivity contribution is -0.679. The highest BCUT2D eigenvalue weighted by Gasteiger charge is 2.45. The van der Waals surface area contributed by atoms with E-state index in [1.807, 2.05) is 6.07 Å². The molecule has 0 aliphatic carbocycles. The van der Waals surface area contributed by atoms with E-state index >= 15 is 0 Å². The quantitative estimate of drug-likeness (QED) is 0.104. The number of imidazole rings is 1. The highest BCUT2D eigenvalue weighted by atomic mass is 127. The van der Waals surface area contributed by atoms with Crippen LogP contribution in [0.25, 0.3) is 0 Å². The molecule has 0 fully saturated rings. The summed E-state index contributed by atoms with van der Waals surface area (Å²) in [5, 5.41) is 0. The van der Waals surface area contributed by atoms with Crippen molar-refractivity contribution in [2.45, 2.75) is 16.4 Å². The lowest BCUT2D eigenvalue weighted by Crippen LogP contribution is -2.40. The first kappa shape index (κ1) is 27.0. The van der Waals surface area contributed by atoms with Crippen molar-refractivity contribution < 1.29 is 42.7 Å². The minimum Gasteiger partial charge on any atom is -0.468 e. The number of hydrogen-bond donors (Lipinski definition) is 0. The van der Waals surface area contributed by atoms with Gasteiger partial charge in [-0.2, -0.15) is 0 Å². The molecule has 11 nitrogen and oxygen atoms in total. The molecule has 0 radical (unpaired) electrons. The van der Waals surface area contributed by atoms with Crippen molar-refractivity contribution in [3.05, 3.63) is 59.5 Å². The summed E-state index contributed by atoms with van der Waals surface area (Å²) in [6, 6.07) is 5.38. The molecule has 12 heteroatoms. The van der Waals surface area contributed by atoms with Crippen molar-refractivity contribution >= 4 is 46.5 Å². The molecule has 2 atom stereocenters. The molecule has 0 saturated carbocycles. The highest BCUT2D eigenvalue weighted by molar-refractivity contribution is 14.1. The Kier molecular flexibility index (Phi) is 9.71. The van der Waals surface area contributed by atoms with Gasteiger partial charge in [-0.1, -0.05) is 28.7 Å². The summed E-state index contributed by atoms with van der Waals surface area (Å²) in [5.74, 6) is -4.84. The zero-order valence-corrected chi connectivity index (χ0v) is 21.5. The molecule has 34 heavy (non-hydrogen) atoms. The molecule has 182 valence electrons. The van der Waals surface area contributed by atoms with Crippen LogP contribution in [0.5, 0.6) is 0 Å². The second-order valence-electron chi connectivity index (χ2n) is 6.87. The zero-order chi connectivity index (χ0) is 25.4. The van der Waals surface area contributed by atoms with E-state index < -0.39 is 39.3 Å². The topological polar surface area (TPSA) is 127 Å². The Morgan fingerprint density at radius 3 is 2.12 bits per heavy atom. The molecule has 2 unspecified atom stereocenters. The van der Waals surface area contributed by atoms with E-state index in [-0.39, 0.29) is 17.9 Å². The van der Waals surface area contributed by atoms with Crippen LogP contribution >= 0.6 is 22.6 Å². The minimum atomic E-state index is -1.45. The van der Waals surface area contributed by atoms with E-state index in [1.165, 1.54) is 0 Å². The number of aryl methyl sites for hydroxylation is 1. The van der Waals surface area contributed by atoms with Crippen LogP contribution in [0.1, 0.15) is 17.4 Å². The second-order valence-corrected chi connectivity index (χ2v) is 8.11. The molecule has 0 bridgehead atoms. The Morgan fingerprint density at radius 2 is 1.59 bits per heavy atom. The monoisotopic (exact) mass is 586 g/mol. The number of aromatic nitrogens is 3. The normalized spacial score (nSPS) is 13.2. The Balaban J connectivity index is 2.88. The Morgan fingerprint density at radius 1 is 0.971 bits per heavy atom. The summed E-state index contributed by atoms with van der Waals surface area (Å²) in [6.07, 6.45) is 4.99. The number of methoxy groups -OCH3 is 4. The van der Waals surface area contributed by atoms with Gasteiger partial charge in [0.15, 0.2) is 5.92 Å². The molecule has 0 spiro atoms. The van der Waals surface area contributed by atoms with Gasteiger partial charge < -0.3 is 18.9 Å². The molecule has 2 heterocycles. The van der Waals surface area contributed by atoms with Crippen LogP contribution in [-0.4, -0.2) is 65.8 Å². The summed E-state index contributed by atoms with van der Waals surface area (Å²) in [7, 11) is 6.13. The average Bonchev–Trinajstić information content (AvgIpc) is 3.21. The van der Waals surface area contributed by atoms with Gasteiger partial charge in [0.2, 0.25) is 0 Å². The molecule has 0 aromatic carbocycles. The number of hydrogen-bond acceptors (Lipinski definition) is 9. The smallest absolute Gasteiger partial charge is 0.336 e. The number of ether oxygens (including phenoxy) is 4. The first-order valence-corrected chi connectivity index (χ1v) is 11.1. The van der Waals surface area contributed by atoms with Crippen LogP contribution in [-0.2, 0) is 51.7 Å². The van der Waals surface area contributed by atoms with Crippen LogP contribution in [0.15, 0.2) is 47.9 Å². The van der Waals surface area contributed by atoms with Gasteiger partial charge in [0.1, 0.15) is 22.9 Å². The van der Waals surface area contributed by atoms with E-state index in [0.717, 1.165) is 28.4 Å². The van der Waals surface area contributed by atoms with Gasteiger partial charge in [-0.05, 0) is 12.1 Å². The zero-order valence-electron chi connectivity index (χ0n) is 19.3. The third-order valence-electron chi connectivity index (χ3n) is 4.93. The number of carbonyl (C=O) groups is 4. The summed E-state index contributed by atoms with van der Waals surface area (Å²) in [6.45, 7) is 0.247. The molecule has 2 aromatic rings. The van der Waals surface area contributed by atoms with E-state index in [2.05, 4.69) is 4.98 Å². The van der Waals surface area contributed by atoms with E-state index in [1.54, 1.807) is 69.5 Å². The Labute approximate surface area is 209 Å². The fourth-order valence-electron chi connectivity index (χ4n) is 3.35. The summed E-state index contributed by atoms with van der Waals surface area (Å²) in [5.41, 5.74) is -0.105. The van der Waals surface area contributed by atoms with Crippen molar-refractivity contribution in [3.8, 4) is 0 Å². The third kappa shape index (κ3) is 5.79. The average molecular weight is 586 g/mol. The molecule has 2 rings (SSSR count). The van der Waals surface area contributed by atoms with Crippen LogP contribution < -0.4 is 4.57 Å². The van der Waals surface area contributed by atoms with Gasteiger partial charge in [0, 0.05) is 6.20 Å². The lowest BCUT2D eigenvalue weighted by atomic mass is 9.91. The molecule has 0 aliphatic heterocycles. The summed E-state index contributed by atoms with van der Waals surface area (Å²) < 4.78 is 21.5. The van der Waals surface area contributed by atoms with Crippen LogP contribution in [0.2, 0.25) is 0 Å². The standard InChI is InChI=1S/C22H25IN3O8/c1-25-10-11-26(12-13-8-6-7-9-24-13)18(25)16(21(29)33-4)14(19(27)31-2)15(20(28)32-3)17(23)22(30)34-5/h6-11,16-17H,12H2,1-5H3/q+1/b15-14-. The first-order chi connectivity index (χ1) is 16.2. The number of esters is 4. The van der Waals surface area contributed by atoms with Gasteiger partial charge >= 0.3 is 23.9 Å². The van der Waals surface area contributed by atoms with Crippen LogP contribution in [0.3, 0.4) is 0 Å². The maximum Gasteiger partial charge on any atom is 0.336 e. The maximum absolute atomic E-state index is 13.1. The van der Waals surface area contributed by atoms with E-state index in [9.17, 15) is 19.2 Å². The molecule has 0 amide bonds. The van der Waals surface area contributed by atoms with Crippen molar-refractivity contribution in [2.75, 3.05) is 28.4 Å². The highest BCUT2D eigenvalue weighted by Crippen LogP contribution is 2.32. The molecule has 0 aliphatic rings. The van der Waals surface area contributed by atoms with Gasteiger partial charge in [-0.25, -0.2) is 18.7 Å². The molecule has 2 aromatic heterocycles. The van der Waals surface area contributed by atoms with Crippen molar-refractivity contribution in [1.29, 1.82) is 0 Å². The number of alkyl halides is 1. The number of nitrogens with zero attached hydrogens (tertiary/aromatic N) is 3. The number of carbonyl (C=O) groups excluding carboxylic acids is 4. The fourth-order valence-corrected chi connectivity index (χ4v) is 4.19. The van der Waals surface area contributed by atoms with E-state index in [0.29, 0.717) is 5.69 Å². The maximum atomic E-state index is 13.1. The van der Waals surface area contributed by atoms with Crippen LogP contribution in [0, 0.1) is 0 Å². The Hall–Kier alpha value is -3.29. The molecular weight excluding hydrogens is 561 g/mol. The van der Waals surface area contributed by atoms with Gasteiger partial charge in [0.25, 0.3) is 5.82 Å². The SMILES string of the molecule is COC(=O)/C(=C(\C(=O)OC)C(C(=O)OC)c1n(Cc2ccccn2)cc[n+]1C)C(I)C(=O)OC. The van der Waals surface area contributed by atoms with Crippen molar-refractivity contribution in [1.82, 2.24) is 9.55 Å². The summed E-state index contributed by atoms with van der Waals surface area (Å²) in [4.78, 5) is 55.6. The minimum absolute atomic E-state index is 0.247. The second kappa shape index (κ2) is 12.3. The fraction of sp³-hybridized carbons (Fsp3) is 0.364. The van der Waals surface area contributed by atoms with Crippen molar-refractivity contribution in [3.63, 3.8) is 0 Å². The van der Waals surface area contributed by atoms with Gasteiger partial charge in [0.05, 0.1) is 52.3 Å². The number of rotatable bonds is 9. The first-order valence-electron chi connectivity index (χ1n) is 9.86. The van der Waals surface area contributed by atoms with Crippen LogP contribution in [0.4, 0.5) is 0 Å². The molecule has 0 N–H and O–H groups in total. The molecular formula is C22H25IN3O8+. The van der Waals surface area contributed by atoms with E-state index in [4.69, 9.17) is 18.9 Å². The summed E-state index contributed by atoms with van der Waals surface area (Å²) >= 11 is 1.64. The number of halogens is 1. The lowest BCUT2D eigenvalue weighted by Gasteiger charge is -2.20. The Bertz CT molecular complexity index is 1100. The number of pyridine rings is 1. The molecule has 0 saturated heterocycles. The van der Waals surface area contributed by atoms with Gasteiger partial charge in [-0.3, -0.25) is 14.6 Å². The third-order valence-corrected chi connectivity index (χ3v) is 6.06. The predicted molar refractivity (Wildman–Crippen MR) is 125 cm³/mol.